The van der Waals surface area contributed by atoms with E-state index in [1.165, 1.54) is 6.42 Å². The van der Waals surface area contributed by atoms with Crippen LogP contribution in [0.25, 0.3) is 0 Å². The zero-order valence-electron chi connectivity index (χ0n) is 12.8. The van der Waals surface area contributed by atoms with E-state index >= 15 is 0 Å². The second-order valence-electron chi connectivity index (χ2n) is 4.98. The molecule has 1 rings (SSSR count). The fourth-order valence-electron chi connectivity index (χ4n) is 2.12. The molecule has 0 aliphatic heterocycles. The number of rotatable bonds is 9. The first kappa shape index (κ1) is 16.9. The number of thiocarbonyl (C=S) groups is 1. The van der Waals surface area contributed by atoms with Gasteiger partial charge in [-0.2, -0.15) is 0 Å². The lowest BCUT2D eigenvalue weighted by Gasteiger charge is -2.26. The molecule has 20 heavy (non-hydrogen) atoms. The van der Waals surface area contributed by atoms with E-state index in [9.17, 15) is 0 Å². The highest BCUT2D eigenvalue weighted by Gasteiger charge is 2.09. The van der Waals surface area contributed by atoms with Crippen molar-refractivity contribution in [2.45, 2.75) is 39.7 Å². The molecule has 4 heteroatoms. The van der Waals surface area contributed by atoms with E-state index in [0.717, 1.165) is 37.4 Å². The average Bonchev–Trinajstić information content (AvgIpc) is 2.47. The molecule has 0 saturated carbocycles. The van der Waals surface area contributed by atoms with Crippen LogP contribution in [0.3, 0.4) is 0 Å². The predicted octanol–water partition coefficient (Wildman–Crippen LogP) is 3.21. The Labute approximate surface area is 128 Å². The Morgan fingerprint density at radius 1 is 1.30 bits per heavy atom. The van der Waals surface area contributed by atoms with Gasteiger partial charge in [-0.3, -0.25) is 0 Å². The third kappa shape index (κ3) is 5.47. The van der Waals surface area contributed by atoms with Gasteiger partial charge >= 0.3 is 0 Å². The van der Waals surface area contributed by atoms with Crippen molar-refractivity contribution in [2.75, 3.05) is 19.7 Å². The second-order valence-corrected chi connectivity index (χ2v) is 5.42. The van der Waals surface area contributed by atoms with Crippen LogP contribution in [0.2, 0.25) is 0 Å². The molecule has 0 radical (unpaired) electrons. The summed E-state index contributed by atoms with van der Waals surface area (Å²) in [7, 11) is 0. The molecule has 3 nitrogen and oxygen atoms in total. The number of nitrogens with zero attached hydrogens (tertiary/aromatic N) is 1. The molecule has 0 aliphatic carbocycles. The molecule has 0 amide bonds. The van der Waals surface area contributed by atoms with Crippen molar-refractivity contribution in [2.24, 2.45) is 5.73 Å². The molecular formula is C16H26N2OS. The van der Waals surface area contributed by atoms with Gasteiger partial charge in [0.1, 0.15) is 10.7 Å². The standard InChI is InChI=1S/C16H26N2OS/c1-4-13(3)18(5-2)11-6-12-19-15-9-7-14(8-10-15)16(17)20/h7-10,13H,4-6,11-12H2,1-3H3,(H2,17,20). The van der Waals surface area contributed by atoms with E-state index in [0.29, 0.717) is 11.0 Å². The third-order valence-electron chi connectivity index (χ3n) is 3.62. The summed E-state index contributed by atoms with van der Waals surface area (Å²) in [6, 6.07) is 8.27. The molecule has 0 bridgehead atoms. The van der Waals surface area contributed by atoms with E-state index in [4.69, 9.17) is 22.7 Å². The first-order chi connectivity index (χ1) is 9.58. The van der Waals surface area contributed by atoms with Crippen LogP contribution in [0.1, 0.15) is 39.2 Å². The maximum atomic E-state index is 5.74. The van der Waals surface area contributed by atoms with Gasteiger partial charge < -0.3 is 15.4 Å². The highest BCUT2D eigenvalue weighted by atomic mass is 32.1. The summed E-state index contributed by atoms with van der Waals surface area (Å²) in [5.41, 5.74) is 6.44. The molecule has 0 aromatic heterocycles. The summed E-state index contributed by atoms with van der Waals surface area (Å²) in [4.78, 5) is 2.91. The van der Waals surface area contributed by atoms with Crippen LogP contribution < -0.4 is 10.5 Å². The van der Waals surface area contributed by atoms with Crippen LogP contribution in [0, 0.1) is 0 Å². The lowest BCUT2D eigenvalue weighted by molar-refractivity contribution is 0.193. The molecule has 0 saturated heterocycles. The lowest BCUT2D eigenvalue weighted by Crippen LogP contribution is -2.33. The maximum absolute atomic E-state index is 5.74. The van der Waals surface area contributed by atoms with Crippen molar-refractivity contribution >= 4 is 17.2 Å². The Morgan fingerprint density at radius 2 is 1.95 bits per heavy atom. The van der Waals surface area contributed by atoms with Crippen molar-refractivity contribution < 1.29 is 4.74 Å². The van der Waals surface area contributed by atoms with Gasteiger partial charge in [0.25, 0.3) is 0 Å². The summed E-state index contributed by atoms with van der Waals surface area (Å²) in [5.74, 6) is 0.872. The second kappa shape index (κ2) is 8.93. The lowest BCUT2D eigenvalue weighted by atomic mass is 10.2. The van der Waals surface area contributed by atoms with Gasteiger partial charge in [-0.25, -0.2) is 0 Å². The molecule has 1 aromatic rings. The highest BCUT2D eigenvalue weighted by molar-refractivity contribution is 7.80. The predicted molar refractivity (Wildman–Crippen MR) is 89.4 cm³/mol. The quantitative estimate of drug-likeness (QED) is 0.561. The van der Waals surface area contributed by atoms with Crippen LogP contribution in [0.4, 0.5) is 0 Å². The van der Waals surface area contributed by atoms with Crippen LogP contribution in [0.5, 0.6) is 5.75 Å². The molecule has 1 atom stereocenters. The number of hydrogen-bond donors (Lipinski definition) is 1. The molecular weight excluding hydrogens is 268 g/mol. The Bertz CT molecular complexity index is 405. The molecule has 0 spiro atoms. The van der Waals surface area contributed by atoms with E-state index in [1.807, 2.05) is 24.3 Å². The van der Waals surface area contributed by atoms with E-state index in [1.54, 1.807) is 0 Å². The Morgan fingerprint density at radius 3 is 2.45 bits per heavy atom. The Hall–Kier alpha value is -1.13. The van der Waals surface area contributed by atoms with Gasteiger partial charge in [-0.15, -0.1) is 0 Å². The molecule has 112 valence electrons. The summed E-state index contributed by atoms with van der Waals surface area (Å²) in [6.45, 7) is 9.63. The monoisotopic (exact) mass is 294 g/mol. The molecule has 0 fully saturated rings. The van der Waals surface area contributed by atoms with Gasteiger partial charge in [-0.1, -0.05) is 26.1 Å². The highest BCUT2D eigenvalue weighted by Crippen LogP contribution is 2.12. The van der Waals surface area contributed by atoms with Crippen molar-refractivity contribution in [3.8, 4) is 5.75 Å². The SMILES string of the molecule is CCC(C)N(CC)CCCOc1ccc(C(N)=S)cc1. The zero-order chi connectivity index (χ0) is 15.0. The first-order valence-electron chi connectivity index (χ1n) is 7.35. The van der Waals surface area contributed by atoms with Crippen molar-refractivity contribution in [1.82, 2.24) is 4.90 Å². The van der Waals surface area contributed by atoms with Crippen molar-refractivity contribution in [3.05, 3.63) is 29.8 Å². The van der Waals surface area contributed by atoms with Crippen molar-refractivity contribution in [3.63, 3.8) is 0 Å². The zero-order valence-corrected chi connectivity index (χ0v) is 13.6. The van der Waals surface area contributed by atoms with Gasteiger partial charge in [0.15, 0.2) is 0 Å². The van der Waals surface area contributed by atoms with E-state index < -0.39 is 0 Å². The molecule has 1 unspecified atom stereocenters. The molecule has 0 heterocycles. The molecule has 1 aromatic carbocycles. The third-order valence-corrected chi connectivity index (χ3v) is 3.85. The number of ether oxygens (including phenoxy) is 1. The van der Waals surface area contributed by atoms with Crippen LogP contribution >= 0.6 is 12.2 Å². The van der Waals surface area contributed by atoms with Gasteiger partial charge in [0, 0.05) is 18.2 Å². The van der Waals surface area contributed by atoms with Crippen LogP contribution in [-0.4, -0.2) is 35.6 Å². The topological polar surface area (TPSA) is 38.5 Å². The van der Waals surface area contributed by atoms with Gasteiger partial charge in [0.05, 0.1) is 6.61 Å². The number of benzene rings is 1. The van der Waals surface area contributed by atoms with Crippen LogP contribution in [0.15, 0.2) is 24.3 Å². The average molecular weight is 294 g/mol. The van der Waals surface area contributed by atoms with Gasteiger partial charge in [-0.05, 0) is 50.6 Å². The fraction of sp³-hybridized carbons (Fsp3) is 0.562. The minimum absolute atomic E-state index is 0.420. The van der Waals surface area contributed by atoms with E-state index in [2.05, 4.69) is 25.7 Å². The maximum Gasteiger partial charge on any atom is 0.119 e. The Balaban J connectivity index is 2.31. The summed E-state index contributed by atoms with van der Waals surface area (Å²) in [5, 5.41) is 0. The first-order valence-corrected chi connectivity index (χ1v) is 7.76. The van der Waals surface area contributed by atoms with Crippen molar-refractivity contribution in [1.29, 1.82) is 0 Å². The summed E-state index contributed by atoms with van der Waals surface area (Å²) >= 11 is 4.92. The fourth-order valence-corrected chi connectivity index (χ4v) is 2.26. The number of hydrogen-bond acceptors (Lipinski definition) is 3. The minimum Gasteiger partial charge on any atom is -0.494 e. The molecule has 2 N–H and O–H groups in total. The van der Waals surface area contributed by atoms with Gasteiger partial charge in [0.2, 0.25) is 0 Å². The van der Waals surface area contributed by atoms with Crippen LogP contribution in [-0.2, 0) is 0 Å². The minimum atomic E-state index is 0.420. The molecule has 0 aliphatic rings. The smallest absolute Gasteiger partial charge is 0.119 e. The normalized spacial score (nSPS) is 12.4. The summed E-state index contributed by atoms with van der Waals surface area (Å²) in [6.07, 6.45) is 2.23. The summed E-state index contributed by atoms with van der Waals surface area (Å²) < 4.78 is 5.74. The largest absolute Gasteiger partial charge is 0.494 e. The number of nitrogens with two attached hydrogens (primary N) is 1. The Kier molecular flexibility index (Phi) is 7.55. The van der Waals surface area contributed by atoms with E-state index in [-0.39, 0.29) is 0 Å².